The summed E-state index contributed by atoms with van der Waals surface area (Å²) in [4.78, 5) is 0.411. The molecule has 6 heteroatoms. The first-order chi connectivity index (χ1) is 9.07. The van der Waals surface area contributed by atoms with Crippen molar-refractivity contribution in [3.05, 3.63) is 18.0 Å². The van der Waals surface area contributed by atoms with Crippen LogP contribution in [0, 0.1) is 0 Å². The van der Waals surface area contributed by atoms with Gasteiger partial charge in [-0.05, 0) is 31.7 Å². The molecular formula is C13H21N3O2S. The van der Waals surface area contributed by atoms with E-state index in [0.717, 1.165) is 31.4 Å². The highest BCUT2D eigenvalue weighted by Crippen LogP contribution is 2.38. The molecule has 2 N–H and O–H groups in total. The van der Waals surface area contributed by atoms with Crippen LogP contribution >= 0.6 is 0 Å². The fourth-order valence-corrected chi connectivity index (χ4v) is 4.36. The van der Waals surface area contributed by atoms with Gasteiger partial charge >= 0.3 is 0 Å². The lowest BCUT2D eigenvalue weighted by molar-refractivity contribution is 0.421. The van der Waals surface area contributed by atoms with Crippen molar-refractivity contribution in [2.45, 2.75) is 56.1 Å². The molecule has 1 aromatic heterocycles. The normalized spacial score (nSPS) is 20.2. The molecule has 2 aliphatic carbocycles. The van der Waals surface area contributed by atoms with Crippen LogP contribution in [-0.4, -0.2) is 29.9 Å². The van der Waals surface area contributed by atoms with Crippen molar-refractivity contribution < 1.29 is 8.42 Å². The van der Waals surface area contributed by atoms with Gasteiger partial charge in [-0.1, -0.05) is 6.92 Å². The predicted octanol–water partition coefficient (Wildman–Crippen LogP) is 1.45. The minimum absolute atomic E-state index is 0.209. The van der Waals surface area contributed by atoms with E-state index in [9.17, 15) is 8.42 Å². The third kappa shape index (κ3) is 2.32. The molecule has 5 nitrogen and oxygen atoms in total. The maximum atomic E-state index is 12.6. The molecule has 2 aliphatic rings. The zero-order valence-electron chi connectivity index (χ0n) is 11.2. The maximum Gasteiger partial charge on any atom is 0.244 e. The van der Waals surface area contributed by atoms with E-state index in [4.69, 9.17) is 5.73 Å². The number of nitrogens with two attached hydrogens (primary N) is 1. The summed E-state index contributed by atoms with van der Waals surface area (Å²) in [6, 6.07) is 2.41. The van der Waals surface area contributed by atoms with Crippen LogP contribution in [-0.2, 0) is 16.6 Å². The van der Waals surface area contributed by atoms with Gasteiger partial charge in [0, 0.05) is 37.1 Å². The Bertz CT molecular complexity index is 571. The van der Waals surface area contributed by atoms with Gasteiger partial charge in [0.05, 0.1) is 0 Å². The highest BCUT2D eigenvalue weighted by atomic mass is 32.2. The number of hydrogen-bond acceptors (Lipinski definition) is 3. The van der Waals surface area contributed by atoms with Crippen molar-refractivity contribution >= 4 is 10.0 Å². The Morgan fingerprint density at radius 2 is 2.05 bits per heavy atom. The monoisotopic (exact) mass is 283 g/mol. The lowest BCUT2D eigenvalue weighted by Crippen LogP contribution is -2.32. The molecule has 2 saturated carbocycles. The smallest absolute Gasteiger partial charge is 0.244 e. The maximum absolute atomic E-state index is 12.6. The van der Waals surface area contributed by atoms with Gasteiger partial charge in [-0.25, -0.2) is 8.42 Å². The van der Waals surface area contributed by atoms with E-state index in [-0.39, 0.29) is 6.04 Å². The van der Waals surface area contributed by atoms with E-state index in [0.29, 0.717) is 24.0 Å². The lowest BCUT2D eigenvalue weighted by atomic mass is 10.4. The predicted molar refractivity (Wildman–Crippen MR) is 73.2 cm³/mol. The topological polar surface area (TPSA) is 68.3 Å². The molecule has 2 fully saturated rings. The molecule has 0 aromatic carbocycles. The van der Waals surface area contributed by atoms with Crippen LogP contribution in [0.1, 0.15) is 44.3 Å². The van der Waals surface area contributed by atoms with Crippen LogP contribution in [0.5, 0.6) is 0 Å². The molecule has 0 bridgehead atoms. The van der Waals surface area contributed by atoms with E-state index >= 15 is 0 Å². The van der Waals surface area contributed by atoms with Crippen LogP contribution in [0.2, 0.25) is 0 Å². The quantitative estimate of drug-likeness (QED) is 0.859. The molecule has 0 spiro atoms. The van der Waals surface area contributed by atoms with Gasteiger partial charge in [0.1, 0.15) is 4.90 Å². The van der Waals surface area contributed by atoms with Gasteiger partial charge < -0.3 is 10.3 Å². The van der Waals surface area contributed by atoms with E-state index in [2.05, 4.69) is 0 Å². The minimum atomic E-state index is -3.35. The van der Waals surface area contributed by atoms with Crippen molar-refractivity contribution in [2.24, 2.45) is 5.73 Å². The van der Waals surface area contributed by atoms with Crippen molar-refractivity contribution in [3.8, 4) is 0 Å². The zero-order chi connectivity index (χ0) is 13.6. The molecule has 0 atom stereocenters. The van der Waals surface area contributed by atoms with Crippen molar-refractivity contribution in [1.82, 2.24) is 8.87 Å². The molecule has 0 amide bonds. The number of aromatic nitrogens is 1. The molecule has 0 radical (unpaired) electrons. The first-order valence-electron chi connectivity index (χ1n) is 7.00. The molecule has 1 aromatic rings. The van der Waals surface area contributed by atoms with Gasteiger partial charge in [-0.3, -0.25) is 0 Å². The second-order valence-electron chi connectivity index (χ2n) is 5.45. The van der Waals surface area contributed by atoms with E-state index < -0.39 is 10.0 Å². The van der Waals surface area contributed by atoms with Crippen molar-refractivity contribution in [2.75, 3.05) is 6.54 Å². The molecule has 1 heterocycles. The highest BCUT2D eigenvalue weighted by Gasteiger charge is 2.38. The first-order valence-corrected chi connectivity index (χ1v) is 8.44. The fourth-order valence-electron chi connectivity index (χ4n) is 2.62. The number of sulfonamides is 1. The Balaban J connectivity index is 1.95. The summed E-state index contributed by atoms with van der Waals surface area (Å²) in [6.45, 7) is 2.83. The van der Waals surface area contributed by atoms with Crippen LogP contribution in [0.3, 0.4) is 0 Å². The second-order valence-corrected chi connectivity index (χ2v) is 7.34. The SMILES string of the molecule is CCN(C1CC1)S(=O)(=O)c1cc(CN)n(C2CC2)c1. The Morgan fingerprint density at radius 3 is 2.53 bits per heavy atom. The van der Waals surface area contributed by atoms with Gasteiger partial charge in [-0.2, -0.15) is 4.31 Å². The number of nitrogens with zero attached hydrogens (tertiary/aromatic N) is 2. The van der Waals surface area contributed by atoms with Crippen LogP contribution in [0.25, 0.3) is 0 Å². The Morgan fingerprint density at radius 1 is 1.37 bits per heavy atom. The van der Waals surface area contributed by atoms with Crippen LogP contribution in [0.15, 0.2) is 17.2 Å². The van der Waals surface area contributed by atoms with Gasteiger partial charge in [0.25, 0.3) is 0 Å². The van der Waals surface area contributed by atoms with E-state index in [1.807, 2.05) is 11.5 Å². The van der Waals surface area contributed by atoms with E-state index in [1.165, 1.54) is 0 Å². The lowest BCUT2D eigenvalue weighted by Gasteiger charge is -2.18. The number of rotatable bonds is 6. The molecule has 3 rings (SSSR count). The number of hydrogen-bond donors (Lipinski definition) is 1. The second kappa shape index (κ2) is 4.61. The Hall–Kier alpha value is -0.850. The summed E-state index contributed by atoms with van der Waals surface area (Å²) in [5.74, 6) is 0. The van der Waals surface area contributed by atoms with Gasteiger partial charge in [0.15, 0.2) is 0 Å². The summed E-state index contributed by atoms with van der Waals surface area (Å²) < 4.78 is 29.0. The minimum Gasteiger partial charge on any atom is -0.346 e. The van der Waals surface area contributed by atoms with Crippen LogP contribution in [0.4, 0.5) is 0 Å². The fraction of sp³-hybridized carbons (Fsp3) is 0.692. The average molecular weight is 283 g/mol. The molecular weight excluding hydrogens is 262 g/mol. The first kappa shape index (κ1) is 13.1. The average Bonchev–Trinajstić information content (AvgIpc) is 3.29. The summed E-state index contributed by atoms with van der Waals surface area (Å²) in [5, 5.41) is 0. The molecule has 19 heavy (non-hydrogen) atoms. The summed E-state index contributed by atoms with van der Waals surface area (Å²) in [6.07, 6.45) is 6.00. The van der Waals surface area contributed by atoms with Crippen LogP contribution < -0.4 is 5.73 Å². The van der Waals surface area contributed by atoms with Gasteiger partial charge in [-0.15, -0.1) is 0 Å². The molecule has 0 aliphatic heterocycles. The summed E-state index contributed by atoms with van der Waals surface area (Å²) >= 11 is 0. The van der Waals surface area contributed by atoms with Gasteiger partial charge in [0.2, 0.25) is 10.0 Å². The Kier molecular flexibility index (Phi) is 3.19. The third-order valence-electron chi connectivity index (χ3n) is 3.93. The highest BCUT2D eigenvalue weighted by molar-refractivity contribution is 7.89. The van der Waals surface area contributed by atoms with E-state index in [1.54, 1.807) is 16.6 Å². The molecule has 106 valence electrons. The van der Waals surface area contributed by atoms with Crippen molar-refractivity contribution in [1.29, 1.82) is 0 Å². The standard InChI is InChI=1S/C13H21N3O2S/c1-2-16(11-5-6-11)19(17,18)13-7-12(8-14)15(9-13)10-3-4-10/h7,9-11H,2-6,8,14H2,1H3. The molecule has 0 unspecified atom stereocenters. The third-order valence-corrected chi connectivity index (χ3v) is 5.92. The zero-order valence-corrected chi connectivity index (χ0v) is 12.1. The molecule has 0 saturated heterocycles. The Labute approximate surface area is 114 Å². The summed E-state index contributed by atoms with van der Waals surface area (Å²) in [5.41, 5.74) is 6.65. The summed E-state index contributed by atoms with van der Waals surface area (Å²) in [7, 11) is -3.35. The largest absolute Gasteiger partial charge is 0.346 e. The van der Waals surface area contributed by atoms with Crippen molar-refractivity contribution in [3.63, 3.8) is 0 Å².